The number of nitrogens with zero attached hydrogens (tertiary/aromatic N) is 4. The zero-order valence-electron chi connectivity index (χ0n) is 25.9. The normalized spacial score (nSPS) is 10.6. The standard InChI is InChI=1S/C41H26N4O4/c1-43-37-36(29-19-9-3-10-20-29)33(39(47)45(41(37)49)31-23-13-5-14-24-31)26-16-6-15-25-32-35(28-17-7-2-8-18-28)34(27-42)40(48)44(38(32)46)30-21-11-4-12-22-30/h2-15,17-26,46,49H. The van der Waals surface area contributed by atoms with E-state index in [2.05, 4.69) is 10.6 Å². The van der Waals surface area contributed by atoms with Crippen LogP contribution < -0.4 is 11.1 Å². The topological polar surface area (TPSA) is 113 Å². The molecule has 8 heteroatoms. The van der Waals surface area contributed by atoms with Gasteiger partial charge in [-0.15, -0.1) is 5.73 Å². The minimum atomic E-state index is -0.663. The molecule has 0 fully saturated rings. The molecule has 0 radical (unpaired) electrons. The van der Waals surface area contributed by atoms with Crippen molar-refractivity contribution in [1.29, 1.82) is 5.26 Å². The molecule has 0 aliphatic rings. The maximum Gasteiger partial charge on any atom is 0.276 e. The van der Waals surface area contributed by atoms with Crippen molar-refractivity contribution in [3.05, 3.63) is 188 Å². The molecule has 0 aliphatic heterocycles. The molecule has 8 nitrogen and oxygen atoms in total. The van der Waals surface area contributed by atoms with Crippen LogP contribution in [0.5, 0.6) is 11.8 Å². The van der Waals surface area contributed by atoms with Crippen molar-refractivity contribution in [1.82, 2.24) is 9.13 Å². The Hall–Kier alpha value is -7.38. The average molecular weight is 639 g/mol. The summed E-state index contributed by atoms with van der Waals surface area (Å²) in [4.78, 5) is 31.1. The number of hydrogen-bond donors (Lipinski definition) is 2. The van der Waals surface area contributed by atoms with E-state index in [1.165, 1.54) is 12.2 Å². The summed E-state index contributed by atoms with van der Waals surface area (Å²) in [7, 11) is 0. The van der Waals surface area contributed by atoms with Gasteiger partial charge in [0, 0.05) is 22.3 Å². The van der Waals surface area contributed by atoms with Crippen LogP contribution in [0.2, 0.25) is 0 Å². The zero-order chi connectivity index (χ0) is 34.3. The maximum atomic E-state index is 14.0. The van der Waals surface area contributed by atoms with E-state index in [4.69, 9.17) is 6.57 Å². The van der Waals surface area contributed by atoms with E-state index in [1.54, 1.807) is 121 Å². The first kappa shape index (κ1) is 31.6. The number of aromatic hydroxyl groups is 2. The van der Waals surface area contributed by atoms with E-state index in [0.717, 1.165) is 9.13 Å². The molecule has 6 aromatic rings. The van der Waals surface area contributed by atoms with Crippen molar-refractivity contribution in [3.63, 3.8) is 0 Å². The van der Waals surface area contributed by atoms with Gasteiger partial charge in [-0.2, -0.15) is 5.26 Å². The molecular formula is C41H26N4O4. The summed E-state index contributed by atoms with van der Waals surface area (Å²) in [5.41, 5.74) is 4.31. The Kier molecular flexibility index (Phi) is 8.99. The van der Waals surface area contributed by atoms with Crippen LogP contribution in [-0.4, -0.2) is 19.3 Å². The molecule has 2 N–H and O–H groups in total. The predicted octanol–water partition coefficient (Wildman–Crippen LogP) is 8.04. The van der Waals surface area contributed by atoms with Crippen LogP contribution >= 0.6 is 0 Å². The highest BCUT2D eigenvalue weighted by atomic mass is 16.3. The van der Waals surface area contributed by atoms with Crippen molar-refractivity contribution in [3.8, 4) is 51.5 Å². The van der Waals surface area contributed by atoms with E-state index in [-0.39, 0.29) is 39.4 Å². The fourth-order valence-corrected chi connectivity index (χ4v) is 5.62. The first-order valence-corrected chi connectivity index (χ1v) is 15.1. The van der Waals surface area contributed by atoms with Gasteiger partial charge in [0.25, 0.3) is 16.8 Å². The molecule has 49 heavy (non-hydrogen) atoms. The number of rotatable bonds is 7. The molecule has 2 heterocycles. The second-order valence-corrected chi connectivity index (χ2v) is 10.7. The van der Waals surface area contributed by atoms with E-state index in [0.29, 0.717) is 22.5 Å². The fourth-order valence-electron chi connectivity index (χ4n) is 5.62. The second kappa shape index (κ2) is 13.9. The highest BCUT2D eigenvalue weighted by Gasteiger charge is 2.24. The molecule has 0 aliphatic carbocycles. The summed E-state index contributed by atoms with van der Waals surface area (Å²) < 4.78 is 2.17. The van der Waals surface area contributed by atoms with Gasteiger partial charge in [0.15, 0.2) is 0 Å². The van der Waals surface area contributed by atoms with E-state index < -0.39 is 17.0 Å². The highest BCUT2D eigenvalue weighted by molar-refractivity contribution is 5.89. The minimum Gasteiger partial charge on any atom is -0.502 e. The number of benzene rings is 4. The van der Waals surface area contributed by atoms with Gasteiger partial charge in [0.1, 0.15) is 11.6 Å². The zero-order valence-corrected chi connectivity index (χ0v) is 25.9. The average Bonchev–Trinajstić information content (AvgIpc) is 3.14. The molecular weight excluding hydrogens is 612 g/mol. The van der Waals surface area contributed by atoms with Crippen molar-refractivity contribution in [2.75, 3.05) is 0 Å². The van der Waals surface area contributed by atoms with Gasteiger partial charge < -0.3 is 10.2 Å². The van der Waals surface area contributed by atoms with E-state index in [9.17, 15) is 25.1 Å². The Morgan fingerprint density at radius 1 is 0.653 bits per heavy atom. The van der Waals surface area contributed by atoms with Gasteiger partial charge in [0.05, 0.1) is 17.9 Å². The summed E-state index contributed by atoms with van der Waals surface area (Å²) in [5.74, 6) is -0.836. The Morgan fingerprint density at radius 3 is 1.65 bits per heavy atom. The van der Waals surface area contributed by atoms with Gasteiger partial charge in [-0.05, 0) is 53.6 Å². The van der Waals surface area contributed by atoms with Crippen molar-refractivity contribution < 1.29 is 10.2 Å². The lowest BCUT2D eigenvalue weighted by atomic mass is 9.95. The van der Waals surface area contributed by atoms with Crippen LogP contribution in [-0.2, 0) is 0 Å². The van der Waals surface area contributed by atoms with Crippen molar-refractivity contribution >= 4 is 17.8 Å². The highest BCUT2D eigenvalue weighted by Crippen LogP contribution is 2.40. The van der Waals surface area contributed by atoms with Crippen LogP contribution in [0.25, 0.3) is 50.6 Å². The Bertz CT molecular complexity index is 2480. The second-order valence-electron chi connectivity index (χ2n) is 10.7. The Balaban J connectivity index is 1.55. The molecule has 234 valence electrons. The third-order valence-electron chi connectivity index (χ3n) is 7.81. The molecule has 0 saturated carbocycles. The number of para-hydroxylation sites is 2. The van der Waals surface area contributed by atoms with E-state index in [1.807, 2.05) is 18.2 Å². The Labute approximate surface area is 281 Å². The maximum absolute atomic E-state index is 14.0. The molecule has 0 unspecified atom stereocenters. The first-order chi connectivity index (χ1) is 24.0. The molecule has 0 atom stereocenters. The van der Waals surface area contributed by atoms with Crippen molar-refractivity contribution in [2.24, 2.45) is 0 Å². The summed E-state index contributed by atoms with van der Waals surface area (Å²) >= 11 is 0. The largest absolute Gasteiger partial charge is 0.502 e. The van der Waals surface area contributed by atoms with Crippen LogP contribution in [0.1, 0.15) is 16.7 Å². The first-order valence-electron chi connectivity index (χ1n) is 15.1. The van der Waals surface area contributed by atoms with E-state index >= 15 is 0 Å². The van der Waals surface area contributed by atoms with Crippen molar-refractivity contribution in [2.45, 2.75) is 0 Å². The lowest BCUT2D eigenvalue weighted by Crippen LogP contribution is -2.23. The van der Waals surface area contributed by atoms with Gasteiger partial charge in [-0.1, -0.05) is 103 Å². The van der Waals surface area contributed by atoms with Crippen LogP contribution in [0.3, 0.4) is 0 Å². The number of hydrogen-bond acceptors (Lipinski definition) is 5. The van der Waals surface area contributed by atoms with Crippen LogP contribution in [0.15, 0.2) is 149 Å². The summed E-state index contributed by atoms with van der Waals surface area (Å²) in [5, 5.41) is 32.8. The smallest absolute Gasteiger partial charge is 0.276 e. The minimum absolute atomic E-state index is 0.0946. The molecule has 6 rings (SSSR count). The fraction of sp³-hybridized carbons (Fsp3) is 0. The molecule has 0 amide bonds. The number of allylic oxidation sites excluding steroid dienone is 2. The molecule has 2 aromatic heterocycles. The summed E-state index contributed by atoms with van der Waals surface area (Å²) in [6.45, 7) is 7.90. The molecule has 0 saturated heterocycles. The van der Waals surface area contributed by atoms with Gasteiger partial charge in [-0.3, -0.25) is 14.2 Å². The third kappa shape index (κ3) is 5.98. The summed E-state index contributed by atoms with van der Waals surface area (Å²) in [6.07, 6.45) is 6.06. The Morgan fingerprint density at radius 2 is 1.14 bits per heavy atom. The quantitative estimate of drug-likeness (QED) is 0.104. The number of nitriles is 1. The SMILES string of the molecule is [C-]#[N+]c1c(-c2ccccc2)c(C=C=CC=Cc2c(-c3ccccc3)c(C#N)c(=O)n(-c3ccccc3)c2O)c(=O)n(-c2ccccc2)c1O. The molecule has 0 spiro atoms. The monoisotopic (exact) mass is 638 g/mol. The van der Waals surface area contributed by atoms with Gasteiger partial charge in [-0.25, -0.2) is 9.41 Å². The summed E-state index contributed by atoms with van der Waals surface area (Å²) in [6, 6.07) is 36.8. The lowest BCUT2D eigenvalue weighted by molar-refractivity contribution is 0.434. The number of pyridine rings is 2. The van der Waals surface area contributed by atoms with Crippen LogP contribution in [0, 0.1) is 17.9 Å². The molecule has 0 bridgehead atoms. The predicted molar refractivity (Wildman–Crippen MR) is 191 cm³/mol. The lowest BCUT2D eigenvalue weighted by Gasteiger charge is -2.16. The van der Waals surface area contributed by atoms with Gasteiger partial charge >= 0.3 is 0 Å². The van der Waals surface area contributed by atoms with Crippen LogP contribution in [0.4, 0.5) is 5.69 Å². The number of aromatic nitrogens is 2. The molecule has 4 aromatic carbocycles. The third-order valence-corrected chi connectivity index (χ3v) is 7.81. The van der Waals surface area contributed by atoms with Gasteiger partial charge in [0.2, 0.25) is 11.8 Å².